The molecule has 3 nitrogen and oxygen atoms in total. The van der Waals surface area contributed by atoms with Crippen molar-refractivity contribution in [3.8, 4) is 0 Å². The van der Waals surface area contributed by atoms with E-state index in [1.165, 1.54) is 6.42 Å². The lowest BCUT2D eigenvalue weighted by molar-refractivity contribution is 0.496. The molecule has 0 spiro atoms. The van der Waals surface area contributed by atoms with Crippen LogP contribution < -0.4 is 5.32 Å². The van der Waals surface area contributed by atoms with Crippen LogP contribution in [0.2, 0.25) is 0 Å². The summed E-state index contributed by atoms with van der Waals surface area (Å²) in [6.45, 7) is 9.63. The predicted octanol–water partition coefficient (Wildman–Crippen LogP) is 2.04. The number of hydrogen-bond acceptors (Lipinski definition) is 2. The maximum absolute atomic E-state index is 4.34. The lowest BCUT2D eigenvalue weighted by Gasteiger charge is -2.10. The van der Waals surface area contributed by atoms with Gasteiger partial charge in [-0.3, -0.25) is 0 Å². The van der Waals surface area contributed by atoms with Crippen molar-refractivity contribution >= 4 is 0 Å². The van der Waals surface area contributed by atoms with Gasteiger partial charge in [-0.1, -0.05) is 20.8 Å². The van der Waals surface area contributed by atoms with Crippen LogP contribution in [0.4, 0.5) is 0 Å². The van der Waals surface area contributed by atoms with Gasteiger partial charge in [-0.15, -0.1) is 0 Å². The van der Waals surface area contributed by atoms with Gasteiger partial charge in [0.25, 0.3) is 0 Å². The van der Waals surface area contributed by atoms with E-state index in [1.807, 2.05) is 6.20 Å². The second-order valence-corrected chi connectivity index (χ2v) is 4.07. The fraction of sp³-hybridized carbons (Fsp3) is 0.727. The summed E-state index contributed by atoms with van der Waals surface area (Å²) < 4.78 is 2.23. The Morgan fingerprint density at radius 1 is 1.50 bits per heavy atom. The first kappa shape index (κ1) is 11.2. The summed E-state index contributed by atoms with van der Waals surface area (Å²) in [5.41, 5.74) is 0. The summed E-state index contributed by atoms with van der Waals surface area (Å²) in [6, 6.07) is 0. The van der Waals surface area contributed by atoms with Crippen LogP contribution in [0, 0.1) is 5.92 Å². The minimum atomic E-state index is 0.675. The maximum Gasteiger partial charge on any atom is 0.122 e. The van der Waals surface area contributed by atoms with Gasteiger partial charge in [0.05, 0.1) is 6.54 Å². The second kappa shape index (κ2) is 5.81. The Balaban J connectivity index is 2.45. The minimum absolute atomic E-state index is 0.675. The minimum Gasteiger partial charge on any atom is -0.334 e. The average Bonchev–Trinajstić information content (AvgIpc) is 2.52. The lowest BCUT2D eigenvalue weighted by Crippen LogP contribution is -2.18. The van der Waals surface area contributed by atoms with Crippen molar-refractivity contribution in [1.29, 1.82) is 0 Å². The molecule has 0 radical (unpaired) electrons. The summed E-state index contributed by atoms with van der Waals surface area (Å²) >= 11 is 0. The van der Waals surface area contributed by atoms with Gasteiger partial charge in [0, 0.05) is 18.9 Å². The standard InChI is InChI=1S/C11H21N3/c1-4-5-12-8-11-13-6-7-14(11)9-10(2)3/h6-7,10,12H,4-5,8-9H2,1-3H3. The van der Waals surface area contributed by atoms with Crippen molar-refractivity contribution in [3.63, 3.8) is 0 Å². The molecule has 3 heteroatoms. The Labute approximate surface area is 86.5 Å². The third-order valence-corrected chi connectivity index (χ3v) is 2.07. The molecule has 0 saturated heterocycles. The zero-order chi connectivity index (χ0) is 10.4. The molecule has 1 heterocycles. The first-order chi connectivity index (χ1) is 6.74. The van der Waals surface area contributed by atoms with Crippen molar-refractivity contribution in [2.75, 3.05) is 6.54 Å². The summed E-state index contributed by atoms with van der Waals surface area (Å²) in [6.07, 6.45) is 5.11. The van der Waals surface area contributed by atoms with Crippen LogP contribution in [-0.4, -0.2) is 16.1 Å². The van der Waals surface area contributed by atoms with Gasteiger partial charge >= 0.3 is 0 Å². The van der Waals surface area contributed by atoms with Crippen molar-refractivity contribution in [1.82, 2.24) is 14.9 Å². The highest BCUT2D eigenvalue weighted by molar-refractivity contribution is 4.92. The van der Waals surface area contributed by atoms with Crippen LogP contribution in [0.25, 0.3) is 0 Å². The van der Waals surface area contributed by atoms with E-state index in [-0.39, 0.29) is 0 Å². The molecule has 1 N–H and O–H groups in total. The molecule has 0 aliphatic rings. The van der Waals surface area contributed by atoms with Gasteiger partial charge in [0.1, 0.15) is 5.82 Å². The Morgan fingerprint density at radius 3 is 2.93 bits per heavy atom. The Kier molecular flexibility index (Phi) is 4.66. The topological polar surface area (TPSA) is 29.9 Å². The highest BCUT2D eigenvalue weighted by Crippen LogP contribution is 2.03. The van der Waals surface area contributed by atoms with Crippen molar-refractivity contribution < 1.29 is 0 Å². The molecule has 0 amide bonds. The first-order valence-corrected chi connectivity index (χ1v) is 5.44. The Morgan fingerprint density at radius 2 is 2.29 bits per heavy atom. The fourth-order valence-electron chi connectivity index (χ4n) is 1.44. The molecule has 0 saturated carbocycles. The first-order valence-electron chi connectivity index (χ1n) is 5.44. The second-order valence-electron chi connectivity index (χ2n) is 4.07. The molecule has 80 valence electrons. The Bertz CT molecular complexity index is 253. The van der Waals surface area contributed by atoms with Crippen LogP contribution in [-0.2, 0) is 13.1 Å². The fourth-order valence-corrected chi connectivity index (χ4v) is 1.44. The van der Waals surface area contributed by atoms with E-state index in [1.54, 1.807) is 0 Å². The van der Waals surface area contributed by atoms with Crippen molar-refractivity contribution in [3.05, 3.63) is 18.2 Å². The van der Waals surface area contributed by atoms with Gasteiger partial charge < -0.3 is 9.88 Å². The molecule has 0 fully saturated rings. The molecular weight excluding hydrogens is 174 g/mol. The van der Waals surface area contributed by atoms with E-state index in [2.05, 4.69) is 41.8 Å². The monoisotopic (exact) mass is 195 g/mol. The molecule has 0 aromatic carbocycles. The van der Waals surface area contributed by atoms with Crippen LogP contribution in [0.15, 0.2) is 12.4 Å². The normalized spacial score (nSPS) is 11.1. The quantitative estimate of drug-likeness (QED) is 0.704. The zero-order valence-corrected chi connectivity index (χ0v) is 9.45. The van der Waals surface area contributed by atoms with E-state index in [9.17, 15) is 0 Å². The van der Waals surface area contributed by atoms with E-state index >= 15 is 0 Å². The SMILES string of the molecule is CCCNCc1nccn1CC(C)C. The molecule has 0 aliphatic heterocycles. The van der Waals surface area contributed by atoms with E-state index in [0.29, 0.717) is 5.92 Å². The van der Waals surface area contributed by atoms with Gasteiger partial charge in [0.2, 0.25) is 0 Å². The molecule has 0 unspecified atom stereocenters. The molecule has 1 aromatic heterocycles. The number of nitrogens with zero attached hydrogens (tertiary/aromatic N) is 2. The van der Waals surface area contributed by atoms with E-state index < -0.39 is 0 Å². The highest BCUT2D eigenvalue weighted by Gasteiger charge is 2.03. The summed E-state index contributed by atoms with van der Waals surface area (Å²) in [5, 5.41) is 3.37. The number of imidazole rings is 1. The predicted molar refractivity (Wildman–Crippen MR) is 59.1 cm³/mol. The number of nitrogens with one attached hydrogen (secondary N) is 1. The van der Waals surface area contributed by atoms with Crippen molar-refractivity contribution in [2.45, 2.75) is 40.3 Å². The van der Waals surface area contributed by atoms with Crippen molar-refractivity contribution in [2.24, 2.45) is 5.92 Å². The number of rotatable bonds is 6. The molecule has 1 rings (SSSR count). The number of hydrogen-bond donors (Lipinski definition) is 1. The number of aromatic nitrogens is 2. The summed E-state index contributed by atoms with van der Waals surface area (Å²) in [7, 11) is 0. The van der Waals surface area contributed by atoms with Gasteiger partial charge in [-0.25, -0.2) is 4.98 Å². The highest BCUT2D eigenvalue weighted by atomic mass is 15.1. The molecule has 0 atom stereocenters. The molecule has 1 aromatic rings. The van der Waals surface area contributed by atoms with Crippen LogP contribution in [0.5, 0.6) is 0 Å². The van der Waals surface area contributed by atoms with E-state index in [4.69, 9.17) is 0 Å². The zero-order valence-electron chi connectivity index (χ0n) is 9.45. The average molecular weight is 195 g/mol. The summed E-state index contributed by atoms with van der Waals surface area (Å²) in [5.74, 6) is 1.82. The third-order valence-electron chi connectivity index (χ3n) is 2.07. The molecular formula is C11H21N3. The largest absolute Gasteiger partial charge is 0.334 e. The van der Waals surface area contributed by atoms with Crippen LogP contribution in [0.3, 0.4) is 0 Å². The molecule has 14 heavy (non-hydrogen) atoms. The van der Waals surface area contributed by atoms with Gasteiger partial charge in [-0.2, -0.15) is 0 Å². The Hall–Kier alpha value is -0.830. The van der Waals surface area contributed by atoms with Crippen LogP contribution in [0.1, 0.15) is 33.0 Å². The third kappa shape index (κ3) is 3.50. The molecule has 0 bridgehead atoms. The van der Waals surface area contributed by atoms with Gasteiger partial charge in [-0.05, 0) is 18.9 Å². The summed E-state index contributed by atoms with van der Waals surface area (Å²) in [4.78, 5) is 4.34. The smallest absolute Gasteiger partial charge is 0.122 e. The van der Waals surface area contributed by atoms with Crippen LogP contribution >= 0.6 is 0 Å². The molecule has 0 aliphatic carbocycles. The lowest BCUT2D eigenvalue weighted by atomic mass is 10.2. The van der Waals surface area contributed by atoms with E-state index in [0.717, 1.165) is 25.5 Å². The maximum atomic E-state index is 4.34. The van der Waals surface area contributed by atoms with Gasteiger partial charge in [0.15, 0.2) is 0 Å².